The zero-order valence-corrected chi connectivity index (χ0v) is 6.86. The van der Waals surface area contributed by atoms with Crippen molar-refractivity contribution in [1.82, 2.24) is 4.57 Å². The first kappa shape index (κ1) is 7.34. The Morgan fingerprint density at radius 3 is 3.08 bits per heavy atom. The van der Waals surface area contributed by atoms with Gasteiger partial charge in [-0.05, 0) is 19.8 Å². The van der Waals surface area contributed by atoms with Crippen LogP contribution in [0.25, 0.3) is 0 Å². The minimum atomic E-state index is -0.335. The van der Waals surface area contributed by atoms with E-state index in [1.807, 2.05) is 4.57 Å². The van der Waals surface area contributed by atoms with Gasteiger partial charge in [-0.15, -0.1) is 0 Å². The van der Waals surface area contributed by atoms with Gasteiger partial charge in [0, 0.05) is 17.8 Å². The van der Waals surface area contributed by atoms with Gasteiger partial charge in [0.1, 0.15) is 0 Å². The lowest BCUT2D eigenvalue weighted by Crippen LogP contribution is -1.95. The maximum Gasteiger partial charge on any atom is 0.287 e. The number of nitrogens with zero attached hydrogens (tertiary/aromatic N) is 2. The van der Waals surface area contributed by atoms with Crippen LogP contribution in [0.3, 0.4) is 0 Å². The molecule has 0 spiro atoms. The highest BCUT2D eigenvalue weighted by Gasteiger charge is 2.22. The number of rotatable bonds is 1. The maximum atomic E-state index is 10.4. The fourth-order valence-electron chi connectivity index (χ4n) is 1.72. The molecule has 0 aromatic carbocycles. The average Bonchev–Trinajstić information content (AvgIpc) is 2.53. The highest BCUT2D eigenvalue weighted by atomic mass is 16.6. The van der Waals surface area contributed by atoms with Gasteiger partial charge in [-0.1, -0.05) is 0 Å². The SMILES string of the molecule is CC1CCc2cc([N+](=O)[O-])cn21. The van der Waals surface area contributed by atoms with Gasteiger partial charge >= 0.3 is 0 Å². The second kappa shape index (κ2) is 2.33. The maximum absolute atomic E-state index is 10.4. The molecule has 4 nitrogen and oxygen atoms in total. The van der Waals surface area contributed by atoms with E-state index in [2.05, 4.69) is 6.92 Å². The molecule has 1 atom stereocenters. The molecule has 4 heteroatoms. The second-order valence-electron chi connectivity index (χ2n) is 3.24. The third-order valence-corrected chi connectivity index (χ3v) is 2.42. The van der Waals surface area contributed by atoms with Crippen LogP contribution in [-0.2, 0) is 6.42 Å². The Bertz CT molecular complexity index is 330. The van der Waals surface area contributed by atoms with E-state index in [1.54, 1.807) is 12.3 Å². The molecule has 2 rings (SSSR count). The van der Waals surface area contributed by atoms with Crippen molar-refractivity contribution >= 4 is 5.69 Å². The average molecular weight is 166 g/mol. The topological polar surface area (TPSA) is 48.1 Å². The zero-order valence-electron chi connectivity index (χ0n) is 6.86. The fraction of sp³-hybridized carbons (Fsp3) is 0.500. The fourth-order valence-corrected chi connectivity index (χ4v) is 1.72. The summed E-state index contributed by atoms with van der Waals surface area (Å²) in [6.07, 6.45) is 3.70. The molecule has 64 valence electrons. The van der Waals surface area contributed by atoms with E-state index < -0.39 is 0 Å². The lowest BCUT2D eigenvalue weighted by molar-refractivity contribution is -0.384. The summed E-state index contributed by atoms with van der Waals surface area (Å²) in [5, 5.41) is 10.4. The van der Waals surface area contributed by atoms with E-state index in [0.717, 1.165) is 18.5 Å². The normalized spacial score (nSPS) is 20.9. The van der Waals surface area contributed by atoms with Gasteiger partial charge in [-0.2, -0.15) is 0 Å². The molecule has 0 saturated carbocycles. The number of aryl methyl sites for hydroxylation is 1. The molecule has 0 amide bonds. The van der Waals surface area contributed by atoms with Gasteiger partial charge in [0.25, 0.3) is 5.69 Å². The Morgan fingerprint density at radius 1 is 1.75 bits per heavy atom. The van der Waals surface area contributed by atoms with Crippen LogP contribution in [0.15, 0.2) is 12.3 Å². The van der Waals surface area contributed by atoms with E-state index in [4.69, 9.17) is 0 Å². The molecule has 1 aromatic heterocycles. The van der Waals surface area contributed by atoms with Crippen LogP contribution >= 0.6 is 0 Å². The summed E-state index contributed by atoms with van der Waals surface area (Å²) in [6, 6.07) is 2.09. The smallest absolute Gasteiger partial charge is 0.287 e. The van der Waals surface area contributed by atoms with Gasteiger partial charge in [0.2, 0.25) is 0 Å². The summed E-state index contributed by atoms with van der Waals surface area (Å²) >= 11 is 0. The van der Waals surface area contributed by atoms with Gasteiger partial charge < -0.3 is 4.57 Å². The first-order chi connectivity index (χ1) is 5.68. The van der Waals surface area contributed by atoms with E-state index in [1.165, 1.54) is 0 Å². The number of aromatic nitrogens is 1. The summed E-state index contributed by atoms with van der Waals surface area (Å²) in [6.45, 7) is 2.08. The molecule has 1 aliphatic rings. The second-order valence-corrected chi connectivity index (χ2v) is 3.24. The molecule has 0 aliphatic carbocycles. The molecule has 0 fully saturated rings. The van der Waals surface area contributed by atoms with Crippen molar-refractivity contribution in [2.45, 2.75) is 25.8 Å². The van der Waals surface area contributed by atoms with Crippen LogP contribution in [-0.4, -0.2) is 9.49 Å². The van der Waals surface area contributed by atoms with E-state index in [9.17, 15) is 10.1 Å². The van der Waals surface area contributed by atoms with Gasteiger partial charge in [-0.3, -0.25) is 10.1 Å². The van der Waals surface area contributed by atoms with E-state index in [-0.39, 0.29) is 10.6 Å². The van der Waals surface area contributed by atoms with E-state index in [0.29, 0.717) is 6.04 Å². The Labute approximate surface area is 70.0 Å². The summed E-state index contributed by atoms with van der Waals surface area (Å²) in [7, 11) is 0. The third kappa shape index (κ3) is 0.913. The van der Waals surface area contributed by atoms with Gasteiger partial charge in [0.05, 0.1) is 11.1 Å². The number of nitro groups is 1. The standard InChI is InChI=1S/C8H10N2O2/c1-6-2-3-7-4-8(10(11)12)5-9(6)7/h4-6H,2-3H2,1H3. The minimum Gasteiger partial charge on any atom is -0.342 e. The molecule has 0 bridgehead atoms. The van der Waals surface area contributed by atoms with Crippen molar-refractivity contribution < 1.29 is 4.92 Å². The predicted octanol–water partition coefficient (Wildman–Crippen LogP) is 1.90. The first-order valence-corrected chi connectivity index (χ1v) is 4.03. The molecule has 2 heterocycles. The Hall–Kier alpha value is -1.32. The number of fused-ring (bicyclic) bond motifs is 1. The van der Waals surface area contributed by atoms with Crippen LogP contribution in [0.2, 0.25) is 0 Å². The molecule has 1 unspecified atom stereocenters. The van der Waals surface area contributed by atoms with Gasteiger partial charge in [0.15, 0.2) is 0 Å². The van der Waals surface area contributed by atoms with Crippen molar-refractivity contribution in [3.05, 3.63) is 28.1 Å². The highest BCUT2D eigenvalue weighted by Crippen LogP contribution is 2.29. The number of hydrogen-bond donors (Lipinski definition) is 0. The third-order valence-electron chi connectivity index (χ3n) is 2.42. The Morgan fingerprint density at radius 2 is 2.50 bits per heavy atom. The van der Waals surface area contributed by atoms with Crippen LogP contribution in [0.4, 0.5) is 5.69 Å². The molecular formula is C8H10N2O2. The molecule has 0 radical (unpaired) electrons. The first-order valence-electron chi connectivity index (χ1n) is 4.03. The molecule has 0 saturated heterocycles. The van der Waals surface area contributed by atoms with Gasteiger partial charge in [-0.25, -0.2) is 0 Å². The van der Waals surface area contributed by atoms with Crippen molar-refractivity contribution in [1.29, 1.82) is 0 Å². The van der Waals surface area contributed by atoms with Crippen LogP contribution in [0.1, 0.15) is 25.1 Å². The molecular weight excluding hydrogens is 156 g/mol. The number of hydrogen-bond acceptors (Lipinski definition) is 2. The quantitative estimate of drug-likeness (QED) is 0.472. The molecule has 0 N–H and O–H groups in total. The monoisotopic (exact) mass is 166 g/mol. The highest BCUT2D eigenvalue weighted by molar-refractivity contribution is 5.33. The summed E-state index contributed by atoms with van der Waals surface area (Å²) in [5.41, 5.74) is 1.31. The summed E-state index contributed by atoms with van der Waals surface area (Å²) in [4.78, 5) is 10.1. The van der Waals surface area contributed by atoms with Crippen molar-refractivity contribution in [3.63, 3.8) is 0 Å². The predicted molar refractivity (Wildman–Crippen MR) is 44.1 cm³/mol. The van der Waals surface area contributed by atoms with Crippen molar-refractivity contribution in [2.24, 2.45) is 0 Å². The zero-order chi connectivity index (χ0) is 8.72. The van der Waals surface area contributed by atoms with E-state index >= 15 is 0 Å². The largest absolute Gasteiger partial charge is 0.342 e. The van der Waals surface area contributed by atoms with Crippen molar-refractivity contribution in [3.8, 4) is 0 Å². The lowest BCUT2D eigenvalue weighted by Gasteiger charge is -2.03. The minimum absolute atomic E-state index is 0.219. The Kier molecular flexibility index (Phi) is 1.43. The summed E-state index contributed by atoms with van der Waals surface area (Å²) in [5.74, 6) is 0. The van der Waals surface area contributed by atoms with Crippen LogP contribution in [0.5, 0.6) is 0 Å². The molecule has 12 heavy (non-hydrogen) atoms. The van der Waals surface area contributed by atoms with Crippen molar-refractivity contribution in [2.75, 3.05) is 0 Å². The molecule has 1 aromatic rings. The summed E-state index contributed by atoms with van der Waals surface area (Å²) < 4.78 is 2.00. The molecule has 1 aliphatic heterocycles. The van der Waals surface area contributed by atoms with Crippen LogP contribution in [0, 0.1) is 10.1 Å². The Balaban J connectivity index is 2.43. The van der Waals surface area contributed by atoms with Crippen LogP contribution < -0.4 is 0 Å². The lowest BCUT2D eigenvalue weighted by atomic mass is 10.2.